The maximum Gasteiger partial charge on any atom is 0.128 e. The Bertz CT molecular complexity index is 237. The SMILES string of the molecule is FC1(Cn2ccnc2)CCCC1. The number of alkyl halides is 1. The van der Waals surface area contributed by atoms with Gasteiger partial charge in [0.15, 0.2) is 0 Å². The van der Waals surface area contributed by atoms with Crippen molar-refractivity contribution in [2.45, 2.75) is 37.9 Å². The summed E-state index contributed by atoms with van der Waals surface area (Å²) in [4.78, 5) is 3.89. The molecule has 0 aliphatic heterocycles. The predicted molar refractivity (Wildman–Crippen MR) is 44.5 cm³/mol. The first-order valence-corrected chi connectivity index (χ1v) is 4.43. The Labute approximate surface area is 71.4 Å². The third-order valence-electron chi connectivity index (χ3n) is 2.52. The van der Waals surface area contributed by atoms with Gasteiger partial charge in [0, 0.05) is 12.4 Å². The van der Waals surface area contributed by atoms with E-state index in [4.69, 9.17) is 0 Å². The van der Waals surface area contributed by atoms with E-state index in [-0.39, 0.29) is 0 Å². The molecule has 0 amide bonds. The van der Waals surface area contributed by atoms with E-state index in [9.17, 15) is 4.39 Å². The molecule has 1 aromatic heterocycles. The normalized spacial score (nSPS) is 21.4. The van der Waals surface area contributed by atoms with Crippen molar-refractivity contribution >= 4 is 0 Å². The summed E-state index contributed by atoms with van der Waals surface area (Å²) in [6.07, 6.45) is 8.68. The fraction of sp³-hybridized carbons (Fsp3) is 0.667. The minimum Gasteiger partial charge on any atom is -0.334 e. The Morgan fingerprint density at radius 2 is 2.17 bits per heavy atom. The molecule has 0 N–H and O–H groups in total. The molecule has 1 aliphatic carbocycles. The monoisotopic (exact) mass is 168 g/mol. The highest BCUT2D eigenvalue weighted by Gasteiger charge is 2.33. The van der Waals surface area contributed by atoms with E-state index in [1.54, 1.807) is 12.5 Å². The Morgan fingerprint density at radius 1 is 1.42 bits per heavy atom. The highest BCUT2D eigenvalue weighted by molar-refractivity contribution is 4.87. The van der Waals surface area contributed by atoms with Gasteiger partial charge in [-0.25, -0.2) is 9.37 Å². The molecule has 0 bridgehead atoms. The molecule has 0 saturated heterocycles. The van der Waals surface area contributed by atoms with Crippen LogP contribution < -0.4 is 0 Å². The van der Waals surface area contributed by atoms with Crippen LogP contribution in [0.4, 0.5) is 4.39 Å². The van der Waals surface area contributed by atoms with Gasteiger partial charge in [0.1, 0.15) is 5.67 Å². The standard InChI is InChI=1S/C9H13FN2/c10-9(3-1-2-4-9)7-12-6-5-11-8-12/h5-6,8H,1-4,7H2. The van der Waals surface area contributed by atoms with Gasteiger partial charge in [-0.05, 0) is 12.8 Å². The molecule has 0 spiro atoms. The number of rotatable bonds is 2. The number of aromatic nitrogens is 2. The number of hydrogen-bond donors (Lipinski definition) is 0. The predicted octanol–water partition coefficient (Wildman–Crippen LogP) is 2.17. The van der Waals surface area contributed by atoms with Crippen molar-refractivity contribution in [2.24, 2.45) is 0 Å². The van der Waals surface area contributed by atoms with Crippen molar-refractivity contribution < 1.29 is 4.39 Å². The highest BCUT2D eigenvalue weighted by Crippen LogP contribution is 2.34. The summed E-state index contributed by atoms with van der Waals surface area (Å²) in [6.45, 7) is 0.479. The van der Waals surface area contributed by atoms with E-state index in [1.165, 1.54) is 0 Å². The molecule has 1 saturated carbocycles. The summed E-state index contributed by atoms with van der Waals surface area (Å²) in [7, 11) is 0. The number of halogens is 1. The lowest BCUT2D eigenvalue weighted by molar-refractivity contribution is 0.145. The Balaban J connectivity index is 2.02. The van der Waals surface area contributed by atoms with E-state index < -0.39 is 5.67 Å². The van der Waals surface area contributed by atoms with Crippen LogP contribution >= 0.6 is 0 Å². The van der Waals surface area contributed by atoms with Crippen LogP contribution in [0.15, 0.2) is 18.7 Å². The van der Waals surface area contributed by atoms with Crippen LogP contribution in [0.2, 0.25) is 0 Å². The summed E-state index contributed by atoms with van der Waals surface area (Å²) >= 11 is 0. The first-order chi connectivity index (χ1) is 5.79. The van der Waals surface area contributed by atoms with Gasteiger partial charge in [-0.1, -0.05) is 12.8 Å². The second-order valence-corrected chi connectivity index (χ2v) is 3.59. The molecule has 2 nitrogen and oxygen atoms in total. The van der Waals surface area contributed by atoms with E-state index >= 15 is 0 Å². The molecule has 2 rings (SSSR count). The zero-order chi connectivity index (χ0) is 8.44. The number of imidazole rings is 1. The lowest BCUT2D eigenvalue weighted by Crippen LogP contribution is -2.24. The van der Waals surface area contributed by atoms with Crippen LogP contribution in [-0.4, -0.2) is 15.2 Å². The molecule has 66 valence electrons. The maximum atomic E-state index is 13.8. The summed E-state index contributed by atoms with van der Waals surface area (Å²) in [5.74, 6) is 0. The lowest BCUT2D eigenvalue weighted by Gasteiger charge is -2.18. The van der Waals surface area contributed by atoms with Gasteiger partial charge in [-0.15, -0.1) is 0 Å². The van der Waals surface area contributed by atoms with Gasteiger partial charge < -0.3 is 4.57 Å². The van der Waals surface area contributed by atoms with E-state index in [0.29, 0.717) is 19.4 Å². The van der Waals surface area contributed by atoms with Gasteiger partial charge in [-0.3, -0.25) is 0 Å². The molecule has 0 aromatic carbocycles. The fourth-order valence-electron chi connectivity index (χ4n) is 1.87. The second kappa shape index (κ2) is 2.88. The first-order valence-electron chi connectivity index (χ1n) is 4.43. The van der Waals surface area contributed by atoms with E-state index in [2.05, 4.69) is 4.98 Å². The van der Waals surface area contributed by atoms with Crippen molar-refractivity contribution in [2.75, 3.05) is 0 Å². The molecule has 1 heterocycles. The van der Waals surface area contributed by atoms with Crippen LogP contribution in [0, 0.1) is 0 Å². The number of nitrogens with zero attached hydrogens (tertiary/aromatic N) is 2. The van der Waals surface area contributed by atoms with Gasteiger partial charge in [0.25, 0.3) is 0 Å². The highest BCUT2D eigenvalue weighted by atomic mass is 19.1. The summed E-state index contributed by atoms with van der Waals surface area (Å²) in [5.41, 5.74) is -0.958. The second-order valence-electron chi connectivity index (χ2n) is 3.59. The van der Waals surface area contributed by atoms with Crippen molar-refractivity contribution in [3.05, 3.63) is 18.7 Å². The largest absolute Gasteiger partial charge is 0.334 e. The van der Waals surface area contributed by atoms with Crippen LogP contribution in [0.25, 0.3) is 0 Å². The van der Waals surface area contributed by atoms with Crippen molar-refractivity contribution in [1.29, 1.82) is 0 Å². The van der Waals surface area contributed by atoms with Crippen LogP contribution in [0.1, 0.15) is 25.7 Å². The average molecular weight is 168 g/mol. The van der Waals surface area contributed by atoms with E-state index in [0.717, 1.165) is 12.8 Å². The minimum absolute atomic E-state index is 0.479. The molecule has 0 atom stereocenters. The minimum atomic E-state index is -0.958. The Hall–Kier alpha value is -0.860. The molecule has 12 heavy (non-hydrogen) atoms. The molecule has 3 heteroatoms. The van der Waals surface area contributed by atoms with Gasteiger partial charge in [0.05, 0.1) is 12.9 Å². The number of hydrogen-bond acceptors (Lipinski definition) is 1. The lowest BCUT2D eigenvalue weighted by atomic mass is 10.1. The topological polar surface area (TPSA) is 17.8 Å². The molecule has 0 radical (unpaired) electrons. The molecule has 0 unspecified atom stereocenters. The van der Waals surface area contributed by atoms with Gasteiger partial charge in [-0.2, -0.15) is 0 Å². The molecular weight excluding hydrogens is 155 g/mol. The third kappa shape index (κ3) is 1.49. The van der Waals surface area contributed by atoms with Gasteiger partial charge >= 0.3 is 0 Å². The maximum absolute atomic E-state index is 13.8. The molecular formula is C9H13FN2. The third-order valence-corrected chi connectivity index (χ3v) is 2.52. The smallest absolute Gasteiger partial charge is 0.128 e. The fourth-order valence-corrected chi connectivity index (χ4v) is 1.87. The summed E-state index contributed by atoms with van der Waals surface area (Å²) in [5, 5.41) is 0. The quantitative estimate of drug-likeness (QED) is 0.661. The molecule has 1 fully saturated rings. The van der Waals surface area contributed by atoms with Crippen molar-refractivity contribution in [3.63, 3.8) is 0 Å². The first kappa shape index (κ1) is 7.77. The zero-order valence-electron chi connectivity index (χ0n) is 7.04. The van der Waals surface area contributed by atoms with Crippen LogP contribution in [0.3, 0.4) is 0 Å². The van der Waals surface area contributed by atoms with E-state index in [1.807, 2.05) is 10.8 Å². The summed E-state index contributed by atoms with van der Waals surface area (Å²) < 4.78 is 15.7. The molecule has 1 aliphatic rings. The van der Waals surface area contributed by atoms with Crippen LogP contribution in [0.5, 0.6) is 0 Å². The summed E-state index contributed by atoms with van der Waals surface area (Å²) in [6, 6.07) is 0. The molecule has 1 aromatic rings. The van der Waals surface area contributed by atoms with Crippen molar-refractivity contribution in [3.8, 4) is 0 Å². The van der Waals surface area contributed by atoms with Crippen LogP contribution in [-0.2, 0) is 6.54 Å². The van der Waals surface area contributed by atoms with Gasteiger partial charge in [0.2, 0.25) is 0 Å². The Morgan fingerprint density at radius 3 is 2.75 bits per heavy atom. The average Bonchev–Trinajstić information content (AvgIpc) is 2.62. The Kier molecular flexibility index (Phi) is 1.87. The zero-order valence-corrected chi connectivity index (χ0v) is 7.04. The van der Waals surface area contributed by atoms with Crippen molar-refractivity contribution in [1.82, 2.24) is 9.55 Å².